The summed E-state index contributed by atoms with van der Waals surface area (Å²) in [5, 5.41) is 3.82. The number of aromatic nitrogens is 3. The zero-order chi connectivity index (χ0) is 19.3. The van der Waals surface area contributed by atoms with Gasteiger partial charge in [-0.15, -0.1) is 0 Å². The predicted molar refractivity (Wildman–Crippen MR) is 107 cm³/mol. The lowest BCUT2D eigenvalue weighted by Crippen LogP contribution is -2.40. The minimum atomic E-state index is -0.0306. The van der Waals surface area contributed by atoms with E-state index >= 15 is 0 Å². The third-order valence-electron chi connectivity index (χ3n) is 4.95. The van der Waals surface area contributed by atoms with Gasteiger partial charge in [-0.05, 0) is 39.0 Å². The van der Waals surface area contributed by atoms with Gasteiger partial charge in [0.15, 0.2) is 17.7 Å². The molecule has 28 heavy (non-hydrogen) atoms. The molecule has 0 aliphatic carbocycles. The van der Waals surface area contributed by atoms with Crippen molar-refractivity contribution in [3.8, 4) is 0 Å². The van der Waals surface area contributed by atoms with E-state index in [1.54, 1.807) is 6.20 Å². The lowest BCUT2D eigenvalue weighted by Gasteiger charge is -2.35. The Labute approximate surface area is 168 Å². The predicted octanol–water partition coefficient (Wildman–Crippen LogP) is 3.31. The van der Waals surface area contributed by atoms with Gasteiger partial charge in [0.05, 0.1) is 17.2 Å². The summed E-state index contributed by atoms with van der Waals surface area (Å²) in [4.78, 5) is 26.9. The summed E-state index contributed by atoms with van der Waals surface area (Å²) in [6.45, 7) is 4.47. The normalized spacial score (nSPS) is 20.9. The number of aldehydes is 1. The summed E-state index contributed by atoms with van der Waals surface area (Å²) in [5.41, 5.74) is 0. The molecule has 2 aromatic heterocycles. The first-order valence-electron chi connectivity index (χ1n) is 9.75. The smallest absolute Gasteiger partial charge is 0.188 e. The summed E-state index contributed by atoms with van der Waals surface area (Å²) in [5.74, 6) is 2.28. The van der Waals surface area contributed by atoms with Crippen LogP contribution in [0, 0.1) is 6.92 Å². The fourth-order valence-electron chi connectivity index (χ4n) is 3.54. The fraction of sp³-hybridized carbons (Fsp3) is 0.579. The topological polar surface area (TPSA) is 89.5 Å². The molecule has 4 heterocycles. The number of nitrogens with one attached hydrogen (secondary N) is 1. The first-order valence-corrected chi connectivity index (χ1v) is 10.6. The third kappa shape index (κ3) is 4.84. The second kappa shape index (κ2) is 8.93. The van der Waals surface area contributed by atoms with Crippen molar-refractivity contribution in [2.45, 2.75) is 51.4 Å². The van der Waals surface area contributed by atoms with E-state index in [1.165, 1.54) is 17.8 Å². The van der Waals surface area contributed by atoms with Crippen LogP contribution in [0.3, 0.4) is 0 Å². The monoisotopic (exact) mass is 403 g/mol. The van der Waals surface area contributed by atoms with Crippen molar-refractivity contribution in [2.75, 3.05) is 29.9 Å². The Morgan fingerprint density at radius 3 is 2.86 bits per heavy atom. The molecule has 0 radical (unpaired) electrons. The molecule has 0 aromatic carbocycles. The van der Waals surface area contributed by atoms with Crippen LogP contribution >= 0.6 is 11.3 Å². The van der Waals surface area contributed by atoms with Gasteiger partial charge >= 0.3 is 0 Å². The third-order valence-corrected chi connectivity index (χ3v) is 5.79. The quantitative estimate of drug-likeness (QED) is 0.735. The van der Waals surface area contributed by atoms with Gasteiger partial charge in [-0.25, -0.2) is 15.0 Å². The van der Waals surface area contributed by atoms with Crippen LogP contribution < -0.4 is 10.2 Å². The number of carbonyl (C=O) groups excluding carboxylic acids is 1. The molecule has 2 aliphatic rings. The van der Waals surface area contributed by atoms with Crippen molar-refractivity contribution >= 4 is 34.4 Å². The van der Waals surface area contributed by atoms with E-state index in [4.69, 9.17) is 9.47 Å². The van der Waals surface area contributed by atoms with E-state index in [0.29, 0.717) is 21.7 Å². The number of piperidine rings is 1. The molecule has 0 bridgehead atoms. The molecule has 1 atom stereocenters. The molecule has 2 aromatic rings. The molecule has 0 spiro atoms. The molecular weight excluding hydrogens is 378 g/mol. The number of carbonyl (C=O) groups is 1. The first kappa shape index (κ1) is 19.2. The number of aryl methyl sites for hydroxylation is 1. The Morgan fingerprint density at radius 1 is 1.29 bits per heavy atom. The van der Waals surface area contributed by atoms with Gasteiger partial charge in [-0.1, -0.05) is 11.3 Å². The molecular formula is C19H25N5O3S. The lowest BCUT2D eigenvalue weighted by atomic mass is 10.1. The Morgan fingerprint density at radius 2 is 2.14 bits per heavy atom. The molecule has 0 amide bonds. The standard InChI is InChI=1S/C19H25N5O3S/c1-13-21-16(23-19-20-11-15(12-25)28-19)10-17(22-13)24-7-5-14(6-8-24)27-18-4-2-3-9-26-18/h10-12,14,18H,2-9H2,1H3,(H,20,21,22,23)/t18-/m1/s1. The van der Waals surface area contributed by atoms with Gasteiger partial charge in [0, 0.05) is 25.8 Å². The summed E-state index contributed by atoms with van der Waals surface area (Å²) in [6.07, 6.45) is 7.81. The van der Waals surface area contributed by atoms with E-state index in [9.17, 15) is 4.79 Å². The van der Waals surface area contributed by atoms with Crippen molar-refractivity contribution in [3.05, 3.63) is 23.0 Å². The van der Waals surface area contributed by atoms with Gasteiger partial charge < -0.3 is 19.7 Å². The van der Waals surface area contributed by atoms with Gasteiger partial charge in [0.25, 0.3) is 0 Å². The van der Waals surface area contributed by atoms with E-state index in [-0.39, 0.29) is 12.4 Å². The highest BCUT2D eigenvalue weighted by Gasteiger charge is 2.25. The van der Waals surface area contributed by atoms with Crippen LogP contribution in [0.15, 0.2) is 12.3 Å². The molecule has 8 nitrogen and oxygen atoms in total. The van der Waals surface area contributed by atoms with Crippen LogP contribution in [0.4, 0.5) is 16.8 Å². The Kier molecular flexibility index (Phi) is 6.13. The zero-order valence-corrected chi connectivity index (χ0v) is 16.8. The average Bonchev–Trinajstić information content (AvgIpc) is 3.16. The first-order chi connectivity index (χ1) is 13.7. The van der Waals surface area contributed by atoms with Crippen LogP contribution in [-0.4, -0.2) is 53.3 Å². The summed E-state index contributed by atoms with van der Waals surface area (Å²) >= 11 is 1.30. The van der Waals surface area contributed by atoms with Gasteiger partial charge in [0.2, 0.25) is 0 Å². The van der Waals surface area contributed by atoms with E-state index in [2.05, 4.69) is 25.2 Å². The van der Waals surface area contributed by atoms with Crippen molar-refractivity contribution in [2.24, 2.45) is 0 Å². The van der Waals surface area contributed by atoms with Gasteiger partial charge in [0.1, 0.15) is 17.5 Å². The number of nitrogens with zero attached hydrogens (tertiary/aromatic N) is 4. The van der Waals surface area contributed by atoms with Crippen LogP contribution in [-0.2, 0) is 9.47 Å². The Bertz CT molecular complexity index is 801. The Hall–Kier alpha value is -2.10. The molecule has 0 saturated carbocycles. The maximum Gasteiger partial charge on any atom is 0.188 e. The molecule has 2 fully saturated rings. The number of ether oxygens (including phenoxy) is 2. The summed E-state index contributed by atoms with van der Waals surface area (Å²) in [6, 6.07) is 1.93. The molecule has 0 unspecified atom stereocenters. The molecule has 9 heteroatoms. The van der Waals surface area contributed by atoms with Crippen LogP contribution in [0.2, 0.25) is 0 Å². The average molecular weight is 404 g/mol. The summed E-state index contributed by atoms with van der Waals surface area (Å²) in [7, 11) is 0. The maximum absolute atomic E-state index is 10.8. The molecule has 2 aliphatic heterocycles. The van der Waals surface area contributed by atoms with E-state index < -0.39 is 0 Å². The lowest BCUT2D eigenvalue weighted by molar-refractivity contribution is -0.191. The molecule has 2 saturated heterocycles. The second-order valence-corrected chi connectivity index (χ2v) is 8.15. The summed E-state index contributed by atoms with van der Waals surface area (Å²) < 4.78 is 11.8. The van der Waals surface area contributed by atoms with Crippen LogP contribution in [0.5, 0.6) is 0 Å². The van der Waals surface area contributed by atoms with Crippen molar-refractivity contribution in [1.82, 2.24) is 15.0 Å². The van der Waals surface area contributed by atoms with E-state index in [0.717, 1.165) is 57.5 Å². The minimum absolute atomic E-state index is 0.0306. The SMILES string of the molecule is Cc1nc(Nc2ncc(C=O)s2)cc(N2CCC(O[C@@H]3CCCCO3)CC2)n1. The van der Waals surface area contributed by atoms with E-state index in [1.807, 2.05) is 13.0 Å². The van der Waals surface area contributed by atoms with Crippen LogP contribution in [0.25, 0.3) is 0 Å². The fourth-order valence-corrected chi connectivity index (χ4v) is 4.18. The number of hydrogen-bond acceptors (Lipinski definition) is 9. The highest BCUT2D eigenvalue weighted by atomic mass is 32.1. The maximum atomic E-state index is 10.8. The number of hydrogen-bond donors (Lipinski definition) is 1. The number of anilines is 3. The Balaban J connectivity index is 1.36. The van der Waals surface area contributed by atoms with Crippen molar-refractivity contribution in [1.29, 1.82) is 0 Å². The minimum Gasteiger partial charge on any atom is -0.356 e. The van der Waals surface area contributed by atoms with Gasteiger partial charge in [-0.3, -0.25) is 4.79 Å². The molecule has 4 rings (SSSR count). The van der Waals surface area contributed by atoms with Gasteiger partial charge in [-0.2, -0.15) is 0 Å². The largest absolute Gasteiger partial charge is 0.356 e. The zero-order valence-electron chi connectivity index (χ0n) is 16.0. The molecule has 1 N–H and O–H groups in total. The number of rotatable bonds is 6. The highest BCUT2D eigenvalue weighted by molar-refractivity contribution is 7.17. The number of thiazole rings is 1. The second-order valence-electron chi connectivity index (χ2n) is 7.09. The van der Waals surface area contributed by atoms with Crippen molar-refractivity contribution in [3.63, 3.8) is 0 Å². The van der Waals surface area contributed by atoms with Crippen LogP contribution in [0.1, 0.15) is 47.6 Å². The van der Waals surface area contributed by atoms with Crippen molar-refractivity contribution < 1.29 is 14.3 Å². The highest BCUT2D eigenvalue weighted by Crippen LogP contribution is 2.26. The molecule has 150 valence electrons.